The SMILES string of the molecule is CCC(=O)c1ccc(OCC(=O)NNC(=O)c2nn(C)c(=O)c3ccccc23)cc1. The Morgan fingerprint density at radius 2 is 1.67 bits per heavy atom. The second-order valence-corrected chi connectivity index (χ2v) is 6.42. The number of Topliss-reactive ketones (excluding diaryl/α,β-unsaturated/α-hetero) is 1. The van der Waals surface area contributed by atoms with Crippen molar-refractivity contribution in [2.24, 2.45) is 7.05 Å². The summed E-state index contributed by atoms with van der Waals surface area (Å²) in [5, 5.41) is 4.71. The van der Waals surface area contributed by atoms with E-state index in [1.54, 1.807) is 55.5 Å². The van der Waals surface area contributed by atoms with Gasteiger partial charge in [0.25, 0.3) is 17.4 Å². The molecule has 3 rings (SSSR count). The number of carbonyl (C=O) groups excluding carboxylic acids is 3. The molecule has 0 fully saturated rings. The monoisotopic (exact) mass is 408 g/mol. The number of nitrogens with zero attached hydrogens (tertiary/aromatic N) is 2. The van der Waals surface area contributed by atoms with Crippen molar-refractivity contribution in [3.8, 4) is 5.75 Å². The minimum absolute atomic E-state index is 0.00472. The Morgan fingerprint density at radius 3 is 2.33 bits per heavy atom. The number of benzene rings is 2. The summed E-state index contributed by atoms with van der Waals surface area (Å²) >= 11 is 0. The van der Waals surface area contributed by atoms with Gasteiger partial charge in [-0.05, 0) is 30.3 Å². The van der Waals surface area contributed by atoms with Gasteiger partial charge in [0.2, 0.25) is 0 Å². The van der Waals surface area contributed by atoms with Crippen molar-refractivity contribution < 1.29 is 19.1 Å². The quantitative estimate of drug-likeness (QED) is 0.470. The lowest BCUT2D eigenvalue weighted by Crippen LogP contribution is -2.44. The predicted molar refractivity (Wildman–Crippen MR) is 109 cm³/mol. The summed E-state index contributed by atoms with van der Waals surface area (Å²) in [6, 6.07) is 13.0. The largest absolute Gasteiger partial charge is 0.484 e. The van der Waals surface area contributed by atoms with Gasteiger partial charge in [0.15, 0.2) is 18.1 Å². The number of carbonyl (C=O) groups is 3. The van der Waals surface area contributed by atoms with E-state index in [2.05, 4.69) is 16.0 Å². The molecular weight excluding hydrogens is 388 g/mol. The summed E-state index contributed by atoms with van der Waals surface area (Å²) in [5.74, 6) is -0.833. The number of amides is 2. The number of hydrogen-bond acceptors (Lipinski definition) is 6. The van der Waals surface area contributed by atoms with Gasteiger partial charge in [0.05, 0.1) is 5.39 Å². The van der Waals surface area contributed by atoms with Crippen LogP contribution in [0.2, 0.25) is 0 Å². The van der Waals surface area contributed by atoms with E-state index in [1.807, 2.05) is 0 Å². The molecule has 0 spiro atoms. The lowest BCUT2D eigenvalue weighted by Gasteiger charge is -2.10. The Bertz CT molecular complexity index is 1170. The zero-order valence-corrected chi connectivity index (χ0v) is 16.5. The summed E-state index contributed by atoms with van der Waals surface area (Å²) in [6.07, 6.45) is 0.405. The number of aromatic nitrogens is 2. The van der Waals surface area contributed by atoms with Crippen molar-refractivity contribution >= 4 is 28.4 Å². The molecule has 30 heavy (non-hydrogen) atoms. The molecule has 2 aromatic carbocycles. The Labute approximate surface area is 171 Å². The molecule has 0 atom stereocenters. The number of ketones is 1. The second-order valence-electron chi connectivity index (χ2n) is 6.42. The van der Waals surface area contributed by atoms with E-state index >= 15 is 0 Å². The Balaban J connectivity index is 1.59. The molecule has 0 aliphatic rings. The maximum Gasteiger partial charge on any atom is 0.290 e. The van der Waals surface area contributed by atoms with Gasteiger partial charge in [0, 0.05) is 24.4 Å². The fourth-order valence-corrected chi connectivity index (χ4v) is 2.78. The minimum Gasteiger partial charge on any atom is -0.484 e. The molecule has 1 aromatic heterocycles. The molecule has 0 unspecified atom stereocenters. The van der Waals surface area contributed by atoms with Gasteiger partial charge >= 0.3 is 0 Å². The molecule has 9 heteroatoms. The van der Waals surface area contributed by atoms with E-state index in [1.165, 1.54) is 7.05 Å². The molecule has 1 heterocycles. The van der Waals surface area contributed by atoms with E-state index in [9.17, 15) is 19.2 Å². The first-order valence-corrected chi connectivity index (χ1v) is 9.22. The molecule has 0 bridgehead atoms. The van der Waals surface area contributed by atoms with Gasteiger partial charge < -0.3 is 4.74 Å². The number of aryl methyl sites for hydroxylation is 1. The highest BCUT2D eigenvalue weighted by Gasteiger charge is 2.16. The number of fused-ring (bicyclic) bond motifs is 1. The van der Waals surface area contributed by atoms with Crippen LogP contribution in [0.5, 0.6) is 5.75 Å². The van der Waals surface area contributed by atoms with Crippen LogP contribution in [-0.2, 0) is 11.8 Å². The first-order valence-electron chi connectivity index (χ1n) is 9.22. The maximum atomic E-state index is 12.5. The van der Waals surface area contributed by atoms with E-state index in [0.717, 1.165) is 4.68 Å². The van der Waals surface area contributed by atoms with Crippen LogP contribution in [0.3, 0.4) is 0 Å². The standard InChI is InChI=1S/C21H20N4O5/c1-3-17(26)13-8-10-14(11-9-13)30-12-18(27)22-23-20(28)19-15-6-4-5-7-16(15)21(29)25(2)24-19/h4-11H,3,12H2,1-2H3,(H,22,27)(H,23,28). The van der Waals surface area contributed by atoms with Gasteiger partial charge in [-0.15, -0.1) is 0 Å². The topological polar surface area (TPSA) is 119 Å². The zero-order chi connectivity index (χ0) is 21.7. The highest BCUT2D eigenvalue weighted by Crippen LogP contribution is 2.14. The second kappa shape index (κ2) is 8.99. The van der Waals surface area contributed by atoms with Gasteiger partial charge in [-0.2, -0.15) is 5.10 Å². The van der Waals surface area contributed by atoms with Crippen LogP contribution in [0, 0.1) is 0 Å². The van der Waals surface area contributed by atoms with E-state index in [-0.39, 0.29) is 23.6 Å². The van der Waals surface area contributed by atoms with Gasteiger partial charge in [0.1, 0.15) is 5.75 Å². The summed E-state index contributed by atoms with van der Waals surface area (Å²) in [5.41, 5.74) is 4.75. The van der Waals surface area contributed by atoms with Crippen LogP contribution >= 0.6 is 0 Å². The van der Waals surface area contributed by atoms with Gasteiger partial charge in [-0.3, -0.25) is 30.0 Å². The van der Waals surface area contributed by atoms with E-state index in [4.69, 9.17) is 4.74 Å². The van der Waals surface area contributed by atoms with Gasteiger partial charge in [-0.25, -0.2) is 4.68 Å². The van der Waals surface area contributed by atoms with Crippen LogP contribution in [0.15, 0.2) is 53.3 Å². The minimum atomic E-state index is -0.669. The maximum absolute atomic E-state index is 12.5. The van der Waals surface area contributed by atoms with Crippen LogP contribution in [0.1, 0.15) is 34.2 Å². The van der Waals surface area contributed by atoms with Crippen molar-refractivity contribution in [2.45, 2.75) is 13.3 Å². The number of hydrogen-bond donors (Lipinski definition) is 2. The van der Waals surface area contributed by atoms with E-state index in [0.29, 0.717) is 28.5 Å². The molecule has 0 saturated heterocycles. The molecule has 9 nitrogen and oxygen atoms in total. The first kappa shape index (κ1) is 20.7. The van der Waals surface area contributed by atoms with Crippen molar-refractivity contribution in [1.29, 1.82) is 0 Å². The third kappa shape index (κ3) is 4.52. The molecule has 0 saturated carbocycles. The van der Waals surface area contributed by atoms with Crippen LogP contribution < -0.4 is 21.1 Å². The molecule has 3 aromatic rings. The summed E-state index contributed by atoms with van der Waals surface area (Å²) < 4.78 is 6.41. The lowest BCUT2D eigenvalue weighted by molar-refractivity contribution is -0.123. The zero-order valence-electron chi connectivity index (χ0n) is 16.5. The van der Waals surface area contributed by atoms with Crippen LogP contribution in [0.25, 0.3) is 10.8 Å². The third-order valence-corrected chi connectivity index (χ3v) is 4.35. The summed E-state index contributed by atoms with van der Waals surface area (Å²) in [7, 11) is 1.44. The number of nitrogens with one attached hydrogen (secondary N) is 2. The number of rotatable bonds is 6. The molecular formula is C21H20N4O5. The van der Waals surface area contributed by atoms with Crippen LogP contribution in [0.4, 0.5) is 0 Å². The van der Waals surface area contributed by atoms with Crippen LogP contribution in [-0.4, -0.2) is 34.0 Å². The third-order valence-electron chi connectivity index (χ3n) is 4.35. The Kier molecular flexibility index (Phi) is 6.21. The molecule has 0 aliphatic carbocycles. The fraction of sp³-hybridized carbons (Fsp3) is 0.190. The molecule has 0 aliphatic heterocycles. The van der Waals surface area contributed by atoms with Crippen molar-refractivity contribution in [3.05, 3.63) is 70.1 Å². The molecule has 2 N–H and O–H groups in total. The van der Waals surface area contributed by atoms with Crippen molar-refractivity contribution in [1.82, 2.24) is 20.6 Å². The average molecular weight is 408 g/mol. The molecule has 2 amide bonds. The van der Waals surface area contributed by atoms with E-state index < -0.39 is 11.8 Å². The average Bonchev–Trinajstić information content (AvgIpc) is 2.78. The number of ether oxygens (including phenoxy) is 1. The normalized spacial score (nSPS) is 10.5. The van der Waals surface area contributed by atoms with Crippen molar-refractivity contribution in [3.63, 3.8) is 0 Å². The predicted octanol–water partition coefficient (Wildman–Crippen LogP) is 1.37. The summed E-state index contributed by atoms with van der Waals surface area (Å²) in [4.78, 5) is 48.2. The number of hydrazine groups is 1. The molecule has 0 radical (unpaired) electrons. The molecule has 154 valence electrons. The Hall–Kier alpha value is -4.01. The first-order chi connectivity index (χ1) is 14.4. The highest BCUT2D eigenvalue weighted by atomic mass is 16.5. The Morgan fingerprint density at radius 1 is 1.00 bits per heavy atom. The van der Waals surface area contributed by atoms with Crippen molar-refractivity contribution in [2.75, 3.05) is 6.61 Å². The summed E-state index contributed by atoms with van der Waals surface area (Å²) in [6.45, 7) is 1.43. The van der Waals surface area contributed by atoms with Gasteiger partial charge in [-0.1, -0.05) is 25.1 Å². The highest BCUT2D eigenvalue weighted by molar-refractivity contribution is 6.05. The lowest BCUT2D eigenvalue weighted by atomic mass is 10.1. The smallest absolute Gasteiger partial charge is 0.290 e. The fourth-order valence-electron chi connectivity index (χ4n) is 2.78.